The molecule has 0 bridgehead atoms. The molecule has 2 aliphatic rings. The van der Waals surface area contributed by atoms with Gasteiger partial charge in [-0.2, -0.15) is 0 Å². The van der Waals surface area contributed by atoms with Crippen molar-refractivity contribution in [3.05, 3.63) is 64.3 Å². The average Bonchev–Trinajstić information content (AvgIpc) is 2.97. The van der Waals surface area contributed by atoms with Gasteiger partial charge in [0, 0.05) is 54.8 Å². The normalized spacial score (nSPS) is 17.0. The molecule has 2 saturated heterocycles. The Morgan fingerprint density at radius 3 is 2.32 bits per heavy atom. The van der Waals surface area contributed by atoms with Crippen LogP contribution < -0.4 is 15.0 Å². The smallest absolute Gasteiger partial charge is 0.220 e. The van der Waals surface area contributed by atoms with Crippen molar-refractivity contribution in [2.75, 3.05) is 37.6 Å². The first-order valence-electron chi connectivity index (χ1n) is 14.7. The molecule has 0 atom stereocenters. The maximum Gasteiger partial charge on any atom is 0.220 e. The van der Waals surface area contributed by atoms with Crippen molar-refractivity contribution >= 4 is 34.9 Å². The lowest BCUT2D eigenvalue weighted by atomic mass is 9.94. The second kappa shape index (κ2) is 13.9. The summed E-state index contributed by atoms with van der Waals surface area (Å²) in [6, 6.07) is 13.6. The molecule has 2 aromatic heterocycles. The second-order valence-corrected chi connectivity index (χ2v) is 12.2. The molecule has 0 aliphatic carbocycles. The minimum Gasteiger partial charge on any atom is -0.437 e. The van der Waals surface area contributed by atoms with Crippen LogP contribution in [0.15, 0.2) is 48.7 Å². The van der Waals surface area contributed by atoms with E-state index in [-0.39, 0.29) is 5.91 Å². The Labute approximate surface area is 253 Å². The van der Waals surface area contributed by atoms with Crippen molar-refractivity contribution < 1.29 is 9.53 Å². The second-order valence-electron chi connectivity index (χ2n) is 11.3. The first kappa shape index (κ1) is 29.6. The van der Waals surface area contributed by atoms with Crippen molar-refractivity contribution in [2.24, 2.45) is 11.8 Å². The number of carbonyl (C=O) groups excluding carboxylic acids is 1. The molecule has 3 aromatic rings. The SMILES string of the molecule is CCC1CCN(c2ccc(Oc3cc(CN4CCC(CNC(C)=O)CC4)cc(-c4cc(Cl)cc(Cl)c4)n3)cn2)CC1. The van der Waals surface area contributed by atoms with Crippen LogP contribution in [0.2, 0.25) is 10.0 Å². The van der Waals surface area contributed by atoms with Gasteiger partial charge in [-0.25, -0.2) is 9.97 Å². The number of nitrogens with one attached hydrogen (secondary N) is 1. The number of benzene rings is 1. The fourth-order valence-electron chi connectivity index (χ4n) is 5.76. The van der Waals surface area contributed by atoms with Crippen molar-refractivity contribution in [1.82, 2.24) is 20.2 Å². The fraction of sp³-hybridized carbons (Fsp3) is 0.469. The van der Waals surface area contributed by atoms with E-state index in [2.05, 4.69) is 28.1 Å². The van der Waals surface area contributed by atoms with Crippen LogP contribution in [-0.4, -0.2) is 53.5 Å². The van der Waals surface area contributed by atoms with Gasteiger partial charge < -0.3 is 15.0 Å². The molecule has 41 heavy (non-hydrogen) atoms. The van der Waals surface area contributed by atoms with E-state index in [9.17, 15) is 4.79 Å². The van der Waals surface area contributed by atoms with Gasteiger partial charge in [0.1, 0.15) is 11.6 Å². The first-order valence-corrected chi connectivity index (χ1v) is 15.4. The number of pyridine rings is 2. The number of halogens is 2. The van der Waals surface area contributed by atoms with Gasteiger partial charge in [0.05, 0.1) is 11.9 Å². The average molecular weight is 597 g/mol. The van der Waals surface area contributed by atoms with Gasteiger partial charge in [-0.3, -0.25) is 9.69 Å². The Morgan fingerprint density at radius 1 is 0.976 bits per heavy atom. The predicted octanol–water partition coefficient (Wildman–Crippen LogP) is 7.22. The highest BCUT2D eigenvalue weighted by atomic mass is 35.5. The van der Waals surface area contributed by atoms with Crippen molar-refractivity contribution in [3.63, 3.8) is 0 Å². The lowest BCUT2D eigenvalue weighted by molar-refractivity contribution is -0.119. The number of ether oxygens (including phenoxy) is 1. The van der Waals surface area contributed by atoms with E-state index in [1.54, 1.807) is 19.2 Å². The Kier molecular flexibility index (Phi) is 10.0. The van der Waals surface area contributed by atoms with Gasteiger partial charge in [0.2, 0.25) is 11.8 Å². The molecule has 0 spiro atoms. The number of aromatic nitrogens is 2. The van der Waals surface area contributed by atoms with Gasteiger partial charge in [-0.15, -0.1) is 0 Å². The van der Waals surface area contributed by atoms with E-state index >= 15 is 0 Å². The largest absolute Gasteiger partial charge is 0.437 e. The first-order chi connectivity index (χ1) is 19.8. The summed E-state index contributed by atoms with van der Waals surface area (Å²) in [5.74, 6) is 3.52. The molecule has 5 rings (SSSR count). The summed E-state index contributed by atoms with van der Waals surface area (Å²) in [6.45, 7) is 9.42. The molecule has 0 unspecified atom stereocenters. The van der Waals surface area contributed by atoms with Crippen LogP contribution in [-0.2, 0) is 11.3 Å². The van der Waals surface area contributed by atoms with Gasteiger partial charge in [0.25, 0.3) is 0 Å². The monoisotopic (exact) mass is 595 g/mol. The zero-order chi connectivity index (χ0) is 28.8. The van der Waals surface area contributed by atoms with Crippen LogP contribution >= 0.6 is 23.2 Å². The van der Waals surface area contributed by atoms with Gasteiger partial charge in [-0.1, -0.05) is 36.5 Å². The molecule has 7 nitrogen and oxygen atoms in total. The maximum absolute atomic E-state index is 11.3. The zero-order valence-corrected chi connectivity index (χ0v) is 25.4. The summed E-state index contributed by atoms with van der Waals surface area (Å²) in [5.41, 5.74) is 2.70. The lowest BCUT2D eigenvalue weighted by Crippen LogP contribution is -2.37. The molecular weight excluding hydrogens is 557 g/mol. The van der Waals surface area contributed by atoms with E-state index in [0.717, 1.165) is 80.7 Å². The van der Waals surface area contributed by atoms with Crippen molar-refractivity contribution in [3.8, 4) is 22.9 Å². The molecule has 2 aliphatic heterocycles. The molecule has 218 valence electrons. The molecule has 9 heteroatoms. The molecule has 1 aromatic carbocycles. The van der Waals surface area contributed by atoms with Crippen LogP contribution in [0.4, 0.5) is 5.82 Å². The van der Waals surface area contributed by atoms with E-state index in [1.165, 1.54) is 19.3 Å². The highest BCUT2D eigenvalue weighted by molar-refractivity contribution is 6.35. The number of carbonyl (C=O) groups is 1. The van der Waals surface area contributed by atoms with Crippen LogP contribution in [0.25, 0.3) is 11.3 Å². The number of rotatable bonds is 9. The van der Waals surface area contributed by atoms with Crippen molar-refractivity contribution in [2.45, 2.75) is 52.5 Å². The summed E-state index contributed by atoms with van der Waals surface area (Å²) in [6.07, 6.45) is 7.58. The number of nitrogens with zero attached hydrogens (tertiary/aromatic N) is 4. The van der Waals surface area contributed by atoms with Crippen molar-refractivity contribution in [1.29, 1.82) is 0 Å². The van der Waals surface area contributed by atoms with E-state index in [4.69, 9.17) is 37.9 Å². The van der Waals surface area contributed by atoms with Crippen LogP contribution in [0.3, 0.4) is 0 Å². The third-order valence-electron chi connectivity index (χ3n) is 8.23. The highest BCUT2D eigenvalue weighted by Crippen LogP contribution is 2.31. The molecule has 0 saturated carbocycles. The fourth-order valence-corrected chi connectivity index (χ4v) is 6.28. The molecule has 1 amide bonds. The molecule has 2 fully saturated rings. The Morgan fingerprint density at radius 2 is 1.68 bits per heavy atom. The lowest BCUT2D eigenvalue weighted by Gasteiger charge is -2.32. The number of amides is 1. The highest BCUT2D eigenvalue weighted by Gasteiger charge is 2.21. The van der Waals surface area contributed by atoms with E-state index < -0.39 is 0 Å². The van der Waals surface area contributed by atoms with Gasteiger partial charge in [0.15, 0.2) is 0 Å². The van der Waals surface area contributed by atoms with Crippen LogP contribution in [0.5, 0.6) is 11.6 Å². The minimum atomic E-state index is 0.0341. The maximum atomic E-state index is 11.3. The number of hydrogen-bond donors (Lipinski definition) is 1. The Hall–Kier alpha value is -2.87. The zero-order valence-electron chi connectivity index (χ0n) is 23.9. The minimum absolute atomic E-state index is 0.0341. The van der Waals surface area contributed by atoms with Crippen LogP contribution in [0, 0.1) is 11.8 Å². The quantitative estimate of drug-likeness (QED) is 0.281. The summed E-state index contributed by atoms with van der Waals surface area (Å²) >= 11 is 12.7. The summed E-state index contributed by atoms with van der Waals surface area (Å²) < 4.78 is 6.26. The summed E-state index contributed by atoms with van der Waals surface area (Å²) in [5, 5.41) is 4.08. The number of piperidine rings is 2. The third-order valence-corrected chi connectivity index (χ3v) is 8.67. The topological polar surface area (TPSA) is 70.6 Å². The molecular formula is C32H39Cl2N5O2. The number of anilines is 1. The van der Waals surface area contributed by atoms with Gasteiger partial charge in [-0.05, 0) is 92.6 Å². The summed E-state index contributed by atoms with van der Waals surface area (Å²) in [7, 11) is 0. The molecule has 1 N–H and O–H groups in total. The summed E-state index contributed by atoms with van der Waals surface area (Å²) in [4.78, 5) is 25.6. The van der Waals surface area contributed by atoms with Crippen LogP contribution in [0.1, 0.15) is 51.5 Å². The Bertz CT molecular complexity index is 1300. The van der Waals surface area contributed by atoms with E-state index in [0.29, 0.717) is 27.6 Å². The predicted molar refractivity (Wildman–Crippen MR) is 166 cm³/mol. The standard InChI is InChI=1S/C32H39Cl2N5O2/c1-3-23-8-12-39(13-9-23)31-5-4-29(20-36-31)41-32-15-25(14-30(37-32)26-16-27(33)18-28(34)17-26)21-38-10-6-24(7-11-38)19-35-22(2)40/h4-5,14-18,20,23-24H,3,6-13,19,21H2,1-2H3,(H,35,40). The Balaban J connectivity index is 1.31. The third kappa shape index (κ3) is 8.34. The molecule has 0 radical (unpaired) electrons. The van der Waals surface area contributed by atoms with E-state index in [1.807, 2.05) is 30.3 Å². The molecule has 4 heterocycles. The number of likely N-dealkylation sites (tertiary alicyclic amines) is 1. The number of hydrogen-bond acceptors (Lipinski definition) is 6. The van der Waals surface area contributed by atoms with Gasteiger partial charge >= 0.3 is 0 Å².